The molecule has 0 aromatic carbocycles. The van der Waals surface area contributed by atoms with Gasteiger partial charge in [0, 0.05) is 19.3 Å². The van der Waals surface area contributed by atoms with Gasteiger partial charge in [0.2, 0.25) is 0 Å². The van der Waals surface area contributed by atoms with E-state index in [9.17, 15) is 14.4 Å². The van der Waals surface area contributed by atoms with Gasteiger partial charge in [0.05, 0.1) is 6.85 Å². The Kier molecular flexibility index (Phi) is 40.9. The monoisotopic (exact) mass is 862 g/mol. The lowest BCUT2D eigenvalue weighted by Gasteiger charge is -2.18. The molecule has 6 heteroatoms. The van der Waals surface area contributed by atoms with Crippen LogP contribution in [0.1, 0.15) is 284 Å². The lowest BCUT2D eigenvalue weighted by Crippen LogP contribution is -2.30. The first-order valence-electron chi connectivity index (χ1n) is 28.5. The summed E-state index contributed by atoms with van der Waals surface area (Å²) in [5.41, 5.74) is 0. The molecular weight excluding hydrogens is 757 g/mol. The minimum Gasteiger partial charge on any atom is -0.462 e. The van der Waals surface area contributed by atoms with E-state index in [1.165, 1.54) is 109 Å². The molecular formula is C55H100O6. The molecule has 0 aliphatic heterocycles. The summed E-state index contributed by atoms with van der Waals surface area (Å²) in [5.74, 6) is -2.97. The van der Waals surface area contributed by atoms with E-state index in [4.69, 9.17) is 21.1 Å². The first kappa shape index (κ1) is 49.6. The van der Waals surface area contributed by atoms with Crippen molar-refractivity contribution in [2.24, 2.45) is 0 Å². The molecule has 0 aliphatic rings. The van der Waals surface area contributed by atoms with E-state index in [1.807, 2.05) is 0 Å². The number of ether oxygens (including phenoxy) is 3. The van der Waals surface area contributed by atoms with Crippen molar-refractivity contribution in [2.75, 3.05) is 13.1 Å². The SMILES string of the molecule is [2H]C([2H])(OC(=O)CCCCCCC/C=C\C/C=C\CCCCC)C([2H])(OC(=O)CCCCCCC/C=C\CCCCCCCC)C([2H])([2H])OC(=O)CCCCCCCCCCCCCCC. The molecule has 6 nitrogen and oxygen atoms in total. The van der Waals surface area contributed by atoms with E-state index < -0.39 is 37.1 Å². The van der Waals surface area contributed by atoms with Gasteiger partial charge >= 0.3 is 17.9 Å². The minimum absolute atomic E-state index is 0.133. The highest BCUT2D eigenvalue weighted by atomic mass is 16.6. The second kappa shape index (κ2) is 50.3. The molecule has 0 amide bonds. The zero-order chi connectivity index (χ0) is 48.9. The summed E-state index contributed by atoms with van der Waals surface area (Å²) in [6.45, 7) is -0.247. The molecule has 0 aromatic rings. The Bertz CT molecular complexity index is 1250. The van der Waals surface area contributed by atoms with Gasteiger partial charge < -0.3 is 14.2 Å². The molecule has 0 fully saturated rings. The van der Waals surface area contributed by atoms with Crippen molar-refractivity contribution in [1.29, 1.82) is 0 Å². The van der Waals surface area contributed by atoms with Gasteiger partial charge in [-0.2, -0.15) is 0 Å². The van der Waals surface area contributed by atoms with Gasteiger partial charge in [-0.15, -0.1) is 0 Å². The molecule has 0 bridgehead atoms. The summed E-state index contributed by atoms with van der Waals surface area (Å²) in [7, 11) is 0. The van der Waals surface area contributed by atoms with Gasteiger partial charge in [0.15, 0.2) is 6.08 Å². The van der Waals surface area contributed by atoms with Crippen molar-refractivity contribution in [3.8, 4) is 0 Å². The Morgan fingerprint density at radius 1 is 0.377 bits per heavy atom. The first-order valence-corrected chi connectivity index (χ1v) is 26.0. The van der Waals surface area contributed by atoms with Crippen molar-refractivity contribution >= 4 is 17.9 Å². The Hall–Kier alpha value is -2.37. The van der Waals surface area contributed by atoms with Gasteiger partial charge in [0.25, 0.3) is 0 Å². The van der Waals surface area contributed by atoms with E-state index in [1.54, 1.807) is 0 Å². The van der Waals surface area contributed by atoms with E-state index in [-0.39, 0.29) is 19.3 Å². The number of allylic oxidation sites excluding steroid dienone is 6. The summed E-state index contributed by atoms with van der Waals surface area (Å²) in [6, 6.07) is 0. The fourth-order valence-electron chi connectivity index (χ4n) is 7.24. The van der Waals surface area contributed by atoms with Crippen LogP contribution in [0.3, 0.4) is 0 Å². The summed E-state index contributed by atoms with van der Waals surface area (Å²) >= 11 is 0. The Labute approximate surface area is 385 Å². The molecule has 0 aromatic heterocycles. The third kappa shape index (κ3) is 48.5. The largest absolute Gasteiger partial charge is 0.462 e. The molecule has 0 saturated heterocycles. The number of rotatable bonds is 48. The summed E-state index contributed by atoms with van der Waals surface area (Å²) < 4.78 is 58.8. The van der Waals surface area contributed by atoms with Gasteiger partial charge in [-0.05, 0) is 77.0 Å². The lowest BCUT2D eigenvalue weighted by atomic mass is 10.0. The molecule has 0 spiro atoms. The number of hydrogen-bond acceptors (Lipinski definition) is 6. The molecule has 61 heavy (non-hydrogen) atoms. The third-order valence-corrected chi connectivity index (χ3v) is 11.2. The van der Waals surface area contributed by atoms with Gasteiger partial charge in [-0.3, -0.25) is 14.4 Å². The van der Waals surface area contributed by atoms with Crippen molar-refractivity contribution < 1.29 is 35.4 Å². The molecule has 0 radical (unpaired) electrons. The Balaban J connectivity index is 5.05. The fourth-order valence-corrected chi connectivity index (χ4v) is 7.24. The highest BCUT2D eigenvalue weighted by Crippen LogP contribution is 2.15. The van der Waals surface area contributed by atoms with E-state index in [0.717, 1.165) is 103 Å². The summed E-state index contributed by atoms with van der Waals surface area (Å²) in [5, 5.41) is 0. The van der Waals surface area contributed by atoms with Crippen molar-refractivity contribution in [1.82, 2.24) is 0 Å². The molecule has 0 heterocycles. The molecule has 0 N–H and O–H groups in total. The van der Waals surface area contributed by atoms with E-state index in [0.29, 0.717) is 25.7 Å². The lowest BCUT2D eigenvalue weighted by molar-refractivity contribution is -0.167. The predicted molar refractivity (Wildman–Crippen MR) is 261 cm³/mol. The number of carbonyl (C=O) groups is 3. The van der Waals surface area contributed by atoms with Crippen molar-refractivity contribution in [3.63, 3.8) is 0 Å². The minimum atomic E-state index is -3.50. The molecule has 356 valence electrons. The third-order valence-electron chi connectivity index (χ3n) is 11.2. The highest BCUT2D eigenvalue weighted by Gasteiger charge is 2.19. The van der Waals surface area contributed by atoms with Crippen LogP contribution >= 0.6 is 0 Å². The molecule has 1 unspecified atom stereocenters. The second-order valence-electron chi connectivity index (χ2n) is 17.3. The van der Waals surface area contributed by atoms with Crippen LogP contribution in [0, 0.1) is 0 Å². The van der Waals surface area contributed by atoms with Crippen LogP contribution in [0.15, 0.2) is 36.5 Å². The molecule has 0 aliphatic carbocycles. The maximum absolute atomic E-state index is 13.1. The van der Waals surface area contributed by atoms with E-state index in [2.05, 4.69) is 57.2 Å². The predicted octanol–water partition coefficient (Wildman–Crippen LogP) is 17.3. The fraction of sp³-hybridized carbons (Fsp3) is 0.836. The smallest absolute Gasteiger partial charge is 0.306 e. The quantitative estimate of drug-likeness (QED) is 0.0262. The van der Waals surface area contributed by atoms with Crippen LogP contribution in [0.25, 0.3) is 0 Å². The van der Waals surface area contributed by atoms with Gasteiger partial charge in [-0.1, -0.05) is 218 Å². The Morgan fingerprint density at radius 3 is 1.00 bits per heavy atom. The van der Waals surface area contributed by atoms with Crippen LogP contribution in [0.5, 0.6) is 0 Å². The number of unbranched alkanes of at least 4 members (excludes halogenated alkanes) is 31. The summed E-state index contributed by atoms with van der Waals surface area (Å²) in [6.07, 6.45) is 48.7. The van der Waals surface area contributed by atoms with Crippen LogP contribution in [-0.2, 0) is 28.6 Å². The molecule has 1 atom stereocenters. The van der Waals surface area contributed by atoms with Crippen molar-refractivity contribution in [2.45, 2.75) is 284 Å². The standard InChI is InChI=1S/C55H100O6/c1-4-7-10-13-16-19-22-25-27-30-33-36-39-42-45-48-54(57)60-51-52(50-59-53(56)47-44-41-38-35-32-29-24-21-18-15-12-9-6-3)61-55(58)49-46-43-40-37-34-31-28-26-23-20-17-14-11-8-5-2/h16,19,25-28,52H,4-15,17-18,20-24,29-51H2,1-3H3/b19-16-,27-25-,28-26-/i50D2,51D2,52D. The number of carbonyl (C=O) groups excluding carboxylic acids is 3. The average molecular weight is 862 g/mol. The summed E-state index contributed by atoms with van der Waals surface area (Å²) in [4.78, 5) is 39.0. The zero-order valence-electron chi connectivity index (χ0n) is 45.2. The van der Waals surface area contributed by atoms with Crippen LogP contribution in [0.4, 0.5) is 0 Å². The van der Waals surface area contributed by atoms with Crippen LogP contribution in [-0.4, -0.2) is 37.1 Å². The number of hydrogen-bond donors (Lipinski definition) is 0. The van der Waals surface area contributed by atoms with Crippen LogP contribution < -0.4 is 0 Å². The van der Waals surface area contributed by atoms with E-state index >= 15 is 0 Å². The second-order valence-corrected chi connectivity index (χ2v) is 17.3. The van der Waals surface area contributed by atoms with Gasteiger partial charge in [0.1, 0.15) is 13.1 Å². The van der Waals surface area contributed by atoms with Gasteiger partial charge in [-0.25, -0.2) is 0 Å². The first-order chi connectivity index (χ1) is 31.9. The van der Waals surface area contributed by atoms with Crippen LogP contribution in [0.2, 0.25) is 0 Å². The molecule has 0 saturated carbocycles. The Morgan fingerprint density at radius 2 is 0.639 bits per heavy atom. The maximum Gasteiger partial charge on any atom is 0.306 e. The topological polar surface area (TPSA) is 78.9 Å². The zero-order valence-corrected chi connectivity index (χ0v) is 40.2. The number of esters is 3. The van der Waals surface area contributed by atoms with Crippen molar-refractivity contribution in [3.05, 3.63) is 36.5 Å². The molecule has 0 rings (SSSR count). The highest BCUT2D eigenvalue weighted by molar-refractivity contribution is 5.71. The maximum atomic E-state index is 13.1. The normalized spacial score (nSPS) is 14.4. The average Bonchev–Trinajstić information content (AvgIpc) is 3.27.